The van der Waals surface area contributed by atoms with E-state index in [-0.39, 0.29) is 16.6 Å². The molecule has 0 aliphatic carbocycles. The SMILES string of the molecule is O=C(O)c1cc2c(C(F)(F)F)cccc2[nH]1. The second-order valence-corrected chi connectivity index (χ2v) is 3.25. The van der Waals surface area contributed by atoms with E-state index in [9.17, 15) is 18.0 Å². The number of hydrogen-bond donors (Lipinski definition) is 2. The van der Waals surface area contributed by atoms with Crippen LogP contribution in [0.15, 0.2) is 24.3 Å². The molecule has 1 aromatic carbocycles. The number of alkyl halides is 3. The standard InChI is InChI=1S/C10H6F3NO2/c11-10(12,13)6-2-1-3-7-5(6)4-8(14-7)9(15)16/h1-4,14H,(H,15,16). The second-order valence-electron chi connectivity index (χ2n) is 3.25. The number of halogens is 3. The van der Waals surface area contributed by atoms with E-state index in [1.165, 1.54) is 12.1 Å². The topological polar surface area (TPSA) is 53.1 Å². The van der Waals surface area contributed by atoms with E-state index < -0.39 is 17.7 Å². The molecule has 6 heteroatoms. The molecule has 1 heterocycles. The Morgan fingerprint density at radius 3 is 2.56 bits per heavy atom. The van der Waals surface area contributed by atoms with E-state index in [4.69, 9.17) is 5.11 Å². The second kappa shape index (κ2) is 3.26. The van der Waals surface area contributed by atoms with Crippen LogP contribution in [0.25, 0.3) is 10.9 Å². The average Bonchev–Trinajstić information content (AvgIpc) is 2.58. The molecule has 2 N–H and O–H groups in total. The summed E-state index contributed by atoms with van der Waals surface area (Å²) in [4.78, 5) is 13.0. The molecule has 0 bridgehead atoms. The molecular formula is C10H6F3NO2. The molecule has 0 amide bonds. The number of carboxylic acid groups (broad SMARTS) is 1. The number of fused-ring (bicyclic) bond motifs is 1. The number of carboxylic acids is 1. The molecule has 0 aliphatic rings. The van der Waals surface area contributed by atoms with Crippen LogP contribution >= 0.6 is 0 Å². The van der Waals surface area contributed by atoms with Crippen LogP contribution in [0.1, 0.15) is 16.1 Å². The fourth-order valence-corrected chi connectivity index (χ4v) is 1.52. The lowest BCUT2D eigenvalue weighted by Gasteiger charge is -2.06. The quantitative estimate of drug-likeness (QED) is 0.789. The summed E-state index contributed by atoms with van der Waals surface area (Å²) in [5.41, 5.74) is -0.937. The van der Waals surface area contributed by atoms with E-state index in [1.807, 2.05) is 0 Å². The summed E-state index contributed by atoms with van der Waals surface area (Å²) in [7, 11) is 0. The molecule has 0 aliphatic heterocycles. The first-order chi connectivity index (χ1) is 7.39. The molecule has 84 valence electrons. The Bertz CT molecular complexity index is 557. The summed E-state index contributed by atoms with van der Waals surface area (Å²) < 4.78 is 37.7. The molecule has 0 atom stereocenters. The lowest BCUT2D eigenvalue weighted by Crippen LogP contribution is -2.04. The number of aromatic carboxylic acids is 1. The third kappa shape index (κ3) is 1.62. The van der Waals surface area contributed by atoms with E-state index in [0.717, 1.165) is 12.1 Å². The van der Waals surface area contributed by atoms with Gasteiger partial charge in [-0.2, -0.15) is 13.2 Å². The van der Waals surface area contributed by atoms with Gasteiger partial charge >= 0.3 is 12.1 Å². The van der Waals surface area contributed by atoms with Crippen molar-refractivity contribution in [3.8, 4) is 0 Å². The zero-order valence-electron chi connectivity index (χ0n) is 7.80. The van der Waals surface area contributed by atoms with Gasteiger partial charge in [0, 0.05) is 10.9 Å². The van der Waals surface area contributed by atoms with Gasteiger partial charge < -0.3 is 10.1 Å². The first-order valence-corrected chi connectivity index (χ1v) is 4.32. The Morgan fingerprint density at radius 1 is 1.31 bits per heavy atom. The van der Waals surface area contributed by atoms with Crippen molar-refractivity contribution in [3.05, 3.63) is 35.5 Å². The van der Waals surface area contributed by atoms with Gasteiger partial charge in [0.1, 0.15) is 5.69 Å². The number of aromatic amines is 1. The normalized spacial score (nSPS) is 11.9. The van der Waals surface area contributed by atoms with Crippen LogP contribution in [-0.4, -0.2) is 16.1 Å². The molecule has 3 nitrogen and oxygen atoms in total. The number of hydrogen-bond acceptors (Lipinski definition) is 1. The summed E-state index contributed by atoms with van der Waals surface area (Å²) in [6, 6.07) is 4.53. The number of nitrogens with one attached hydrogen (secondary N) is 1. The Hall–Kier alpha value is -1.98. The summed E-state index contributed by atoms with van der Waals surface area (Å²) in [6.07, 6.45) is -4.49. The summed E-state index contributed by atoms with van der Waals surface area (Å²) in [5, 5.41) is 8.54. The Morgan fingerprint density at radius 2 is 2.00 bits per heavy atom. The number of rotatable bonds is 1. The lowest BCUT2D eigenvalue weighted by molar-refractivity contribution is -0.136. The summed E-state index contributed by atoms with van der Waals surface area (Å²) in [5.74, 6) is -1.29. The van der Waals surface area contributed by atoms with Gasteiger partial charge in [-0.1, -0.05) is 6.07 Å². The minimum Gasteiger partial charge on any atom is -0.477 e. The van der Waals surface area contributed by atoms with E-state index in [2.05, 4.69) is 4.98 Å². The van der Waals surface area contributed by atoms with Crippen LogP contribution in [-0.2, 0) is 6.18 Å². The van der Waals surface area contributed by atoms with Crippen molar-refractivity contribution in [1.82, 2.24) is 4.98 Å². The highest BCUT2D eigenvalue weighted by Gasteiger charge is 2.33. The van der Waals surface area contributed by atoms with Crippen molar-refractivity contribution in [2.24, 2.45) is 0 Å². The lowest BCUT2D eigenvalue weighted by atomic mass is 10.1. The zero-order chi connectivity index (χ0) is 11.9. The fraction of sp³-hybridized carbons (Fsp3) is 0.100. The highest BCUT2D eigenvalue weighted by Crippen LogP contribution is 2.34. The monoisotopic (exact) mass is 229 g/mol. The van der Waals surface area contributed by atoms with Crippen molar-refractivity contribution in [2.45, 2.75) is 6.18 Å². The number of aromatic nitrogens is 1. The first-order valence-electron chi connectivity index (χ1n) is 4.32. The maximum Gasteiger partial charge on any atom is 0.417 e. The predicted molar refractivity (Wildman–Crippen MR) is 50.3 cm³/mol. The maximum absolute atomic E-state index is 12.6. The number of benzene rings is 1. The molecule has 0 radical (unpaired) electrons. The molecule has 0 saturated heterocycles. The average molecular weight is 229 g/mol. The van der Waals surface area contributed by atoms with Gasteiger partial charge in [0.15, 0.2) is 0 Å². The maximum atomic E-state index is 12.6. The van der Waals surface area contributed by atoms with Crippen LogP contribution in [0.2, 0.25) is 0 Å². The molecule has 0 unspecified atom stereocenters. The Kier molecular flexibility index (Phi) is 2.15. The van der Waals surface area contributed by atoms with Crippen LogP contribution in [0.5, 0.6) is 0 Å². The molecule has 1 aromatic heterocycles. The van der Waals surface area contributed by atoms with Gasteiger partial charge in [-0.05, 0) is 18.2 Å². The zero-order valence-corrected chi connectivity index (χ0v) is 7.80. The predicted octanol–water partition coefficient (Wildman–Crippen LogP) is 2.88. The third-order valence-corrected chi connectivity index (χ3v) is 2.20. The summed E-state index contributed by atoms with van der Waals surface area (Å²) in [6.45, 7) is 0. The minimum atomic E-state index is -4.49. The molecule has 0 fully saturated rings. The van der Waals surface area contributed by atoms with Crippen molar-refractivity contribution in [2.75, 3.05) is 0 Å². The van der Waals surface area contributed by atoms with Gasteiger partial charge in [-0.15, -0.1) is 0 Å². The van der Waals surface area contributed by atoms with Crippen molar-refractivity contribution >= 4 is 16.9 Å². The number of carbonyl (C=O) groups is 1. The van der Waals surface area contributed by atoms with Gasteiger partial charge in [-0.25, -0.2) is 4.79 Å². The molecule has 2 aromatic rings. The van der Waals surface area contributed by atoms with E-state index in [1.54, 1.807) is 0 Å². The molecular weight excluding hydrogens is 223 g/mol. The molecule has 0 saturated carbocycles. The highest BCUT2D eigenvalue weighted by atomic mass is 19.4. The minimum absolute atomic E-state index is 0.132. The highest BCUT2D eigenvalue weighted by molar-refractivity contribution is 5.95. The van der Waals surface area contributed by atoms with Gasteiger partial charge in [0.25, 0.3) is 0 Å². The van der Waals surface area contributed by atoms with Crippen LogP contribution in [0.3, 0.4) is 0 Å². The van der Waals surface area contributed by atoms with Gasteiger partial charge in [0.05, 0.1) is 5.56 Å². The van der Waals surface area contributed by atoms with Gasteiger partial charge in [-0.3, -0.25) is 0 Å². The molecule has 0 spiro atoms. The smallest absolute Gasteiger partial charge is 0.417 e. The fourth-order valence-electron chi connectivity index (χ4n) is 1.52. The van der Waals surface area contributed by atoms with E-state index >= 15 is 0 Å². The largest absolute Gasteiger partial charge is 0.477 e. The first kappa shape index (κ1) is 10.5. The van der Waals surface area contributed by atoms with Crippen LogP contribution in [0.4, 0.5) is 13.2 Å². The Balaban J connectivity index is 2.73. The van der Waals surface area contributed by atoms with E-state index in [0.29, 0.717) is 0 Å². The van der Waals surface area contributed by atoms with Crippen molar-refractivity contribution in [1.29, 1.82) is 0 Å². The summed E-state index contributed by atoms with van der Waals surface area (Å²) >= 11 is 0. The van der Waals surface area contributed by atoms with Crippen molar-refractivity contribution < 1.29 is 23.1 Å². The van der Waals surface area contributed by atoms with Crippen LogP contribution in [0, 0.1) is 0 Å². The molecule has 16 heavy (non-hydrogen) atoms. The van der Waals surface area contributed by atoms with Crippen molar-refractivity contribution in [3.63, 3.8) is 0 Å². The Labute approximate surface area is 87.5 Å². The third-order valence-electron chi connectivity index (χ3n) is 2.20. The number of H-pyrrole nitrogens is 1. The van der Waals surface area contributed by atoms with Gasteiger partial charge in [0.2, 0.25) is 0 Å². The van der Waals surface area contributed by atoms with Crippen LogP contribution < -0.4 is 0 Å². The molecule has 2 rings (SSSR count).